The van der Waals surface area contributed by atoms with Crippen LogP contribution in [0.3, 0.4) is 0 Å². The van der Waals surface area contributed by atoms with E-state index >= 15 is 0 Å². The summed E-state index contributed by atoms with van der Waals surface area (Å²) in [6, 6.07) is 15.5. The average Bonchev–Trinajstić information content (AvgIpc) is 3.13. The first-order valence-electron chi connectivity index (χ1n) is 8.62. The Morgan fingerprint density at radius 1 is 1.00 bits per heavy atom. The van der Waals surface area contributed by atoms with E-state index in [9.17, 15) is 0 Å². The van der Waals surface area contributed by atoms with Crippen LogP contribution in [0.4, 0.5) is 11.6 Å². The number of para-hydroxylation sites is 1. The van der Waals surface area contributed by atoms with Crippen LogP contribution in [0.15, 0.2) is 58.6 Å². The van der Waals surface area contributed by atoms with Gasteiger partial charge in [0.2, 0.25) is 0 Å². The molecule has 0 radical (unpaired) electrons. The summed E-state index contributed by atoms with van der Waals surface area (Å²) in [6.45, 7) is 1.95. The molecule has 0 saturated carbocycles. The van der Waals surface area contributed by atoms with Crippen molar-refractivity contribution < 1.29 is 9.47 Å². The first-order chi connectivity index (χ1) is 13.7. The van der Waals surface area contributed by atoms with Gasteiger partial charge in [0, 0.05) is 23.2 Å². The summed E-state index contributed by atoms with van der Waals surface area (Å²) in [7, 11) is 3.26. The van der Waals surface area contributed by atoms with Crippen LogP contribution >= 0.6 is 11.8 Å². The first kappa shape index (κ1) is 18.1. The van der Waals surface area contributed by atoms with Gasteiger partial charge in [0.25, 0.3) is 0 Å². The number of aromatic nitrogens is 4. The Bertz CT molecular complexity index is 1130. The SMILES string of the molecule is COc1ccc(Sc2nc(Nc3cc(C)[nH]n3)c3ccccc3n2)c(OC)c1. The number of hydrogen-bond donors (Lipinski definition) is 2. The maximum Gasteiger partial charge on any atom is 0.195 e. The van der Waals surface area contributed by atoms with E-state index in [1.165, 1.54) is 11.8 Å². The number of nitrogens with one attached hydrogen (secondary N) is 2. The van der Waals surface area contributed by atoms with Gasteiger partial charge in [-0.3, -0.25) is 5.10 Å². The minimum Gasteiger partial charge on any atom is -0.497 e. The molecule has 2 aromatic heterocycles. The molecule has 2 heterocycles. The van der Waals surface area contributed by atoms with Crippen molar-refractivity contribution in [3.05, 3.63) is 54.2 Å². The molecule has 8 heteroatoms. The van der Waals surface area contributed by atoms with Crippen molar-refractivity contribution in [2.24, 2.45) is 0 Å². The van der Waals surface area contributed by atoms with E-state index in [1.54, 1.807) is 14.2 Å². The van der Waals surface area contributed by atoms with Crippen molar-refractivity contribution >= 4 is 34.3 Å². The molecule has 4 rings (SSSR count). The van der Waals surface area contributed by atoms with E-state index < -0.39 is 0 Å². The van der Waals surface area contributed by atoms with Gasteiger partial charge in [0.1, 0.15) is 17.3 Å². The summed E-state index contributed by atoms with van der Waals surface area (Å²) < 4.78 is 10.8. The summed E-state index contributed by atoms with van der Waals surface area (Å²) in [5.41, 5.74) is 1.82. The largest absolute Gasteiger partial charge is 0.497 e. The molecule has 0 fully saturated rings. The molecule has 0 unspecified atom stereocenters. The molecule has 0 atom stereocenters. The van der Waals surface area contributed by atoms with Crippen molar-refractivity contribution in [2.75, 3.05) is 19.5 Å². The molecule has 0 spiro atoms. The normalized spacial score (nSPS) is 10.8. The highest BCUT2D eigenvalue weighted by Crippen LogP contribution is 2.37. The van der Waals surface area contributed by atoms with Crippen LogP contribution in [0.1, 0.15) is 5.69 Å². The molecule has 0 bridgehead atoms. The quantitative estimate of drug-likeness (QED) is 0.464. The standard InChI is InChI=1S/C20H19N5O2S/c1-12-10-18(25-24-12)22-19-14-6-4-5-7-15(14)21-20(23-19)28-17-9-8-13(26-2)11-16(17)27-3/h4-11H,1-3H3,(H2,21,22,23,24,25). The number of methoxy groups -OCH3 is 2. The lowest BCUT2D eigenvalue weighted by Crippen LogP contribution is -1.99. The lowest BCUT2D eigenvalue weighted by molar-refractivity contribution is 0.387. The Morgan fingerprint density at radius 2 is 1.86 bits per heavy atom. The third-order valence-corrected chi connectivity index (χ3v) is 5.03. The van der Waals surface area contributed by atoms with Crippen LogP contribution < -0.4 is 14.8 Å². The van der Waals surface area contributed by atoms with Gasteiger partial charge < -0.3 is 14.8 Å². The molecule has 2 aromatic carbocycles. The Balaban J connectivity index is 1.73. The fraction of sp³-hybridized carbons (Fsp3) is 0.150. The maximum atomic E-state index is 5.49. The van der Waals surface area contributed by atoms with Gasteiger partial charge in [-0.25, -0.2) is 9.97 Å². The second-order valence-electron chi connectivity index (χ2n) is 6.05. The van der Waals surface area contributed by atoms with Crippen molar-refractivity contribution in [1.82, 2.24) is 20.2 Å². The second kappa shape index (κ2) is 7.77. The van der Waals surface area contributed by atoms with E-state index in [2.05, 4.69) is 15.5 Å². The molecular formula is C20H19N5O2S. The molecule has 2 N–H and O–H groups in total. The average molecular weight is 393 g/mol. The third-order valence-electron chi connectivity index (χ3n) is 4.11. The van der Waals surface area contributed by atoms with Crippen LogP contribution in [-0.2, 0) is 0 Å². The van der Waals surface area contributed by atoms with Gasteiger partial charge in [-0.15, -0.1) is 0 Å². The Morgan fingerprint density at radius 3 is 2.61 bits per heavy atom. The van der Waals surface area contributed by atoms with E-state index in [4.69, 9.17) is 19.4 Å². The highest BCUT2D eigenvalue weighted by atomic mass is 32.2. The zero-order valence-electron chi connectivity index (χ0n) is 15.7. The third kappa shape index (κ3) is 3.72. The minimum atomic E-state index is 0.608. The molecule has 0 saturated heterocycles. The Labute approximate surface area is 166 Å². The number of nitrogens with zero attached hydrogens (tertiary/aromatic N) is 3. The van der Waals surface area contributed by atoms with Gasteiger partial charge in [-0.2, -0.15) is 5.10 Å². The number of ether oxygens (including phenoxy) is 2. The van der Waals surface area contributed by atoms with E-state index in [1.807, 2.05) is 55.5 Å². The number of hydrogen-bond acceptors (Lipinski definition) is 7. The number of aromatic amines is 1. The van der Waals surface area contributed by atoms with Crippen LogP contribution in [-0.4, -0.2) is 34.4 Å². The molecule has 4 aromatic rings. The Hall–Kier alpha value is -3.26. The summed E-state index contributed by atoms with van der Waals surface area (Å²) in [4.78, 5) is 10.3. The summed E-state index contributed by atoms with van der Waals surface area (Å²) >= 11 is 1.43. The second-order valence-corrected chi connectivity index (χ2v) is 7.06. The molecule has 0 aliphatic carbocycles. The van der Waals surface area contributed by atoms with Crippen LogP contribution in [0, 0.1) is 6.92 Å². The fourth-order valence-electron chi connectivity index (χ4n) is 2.76. The number of aryl methyl sites for hydroxylation is 1. The topological polar surface area (TPSA) is 85.0 Å². The summed E-state index contributed by atoms with van der Waals surface area (Å²) in [5, 5.41) is 12.0. The number of H-pyrrole nitrogens is 1. The van der Waals surface area contributed by atoms with E-state index in [0.717, 1.165) is 27.2 Å². The summed E-state index contributed by atoms with van der Waals surface area (Å²) in [6.07, 6.45) is 0. The Kier molecular flexibility index (Phi) is 5.03. The lowest BCUT2D eigenvalue weighted by atomic mass is 10.2. The molecule has 0 aliphatic heterocycles. The van der Waals surface area contributed by atoms with E-state index in [-0.39, 0.29) is 0 Å². The number of rotatable bonds is 6. The fourth-order valence-corrected chi connectivity index (χ4v) is 3.61. The maximum absolute atomic E-state index is 5.49. The monoisotopic (exact) mass is 393 g/mol. The number of anilines is 2. The molecule has 7 nitrogen and oxygen atoms in total. The van der Waals surface area contributed by atoms with Crippen molar-refractivity contribution in [3.8, 4) is 11.5 Å². The van der Waals surface area contributed by atoms with Crippen molar-refractivity contribution in [3.63, 3.8) is 0 Å². The van der Waals surface area contributed by atoms with Crippen molar-refractivity contribution in [2.45, 2.75) is 17.0 Å². The van der Waals surface area contributed by atoms with Crippen molar-refractivity contribution in [1.29, 1.82) is 0 Å². The first-order valence-corrected chi connectivity index (χ1v) is 9.43. The van der Waals surface area contributed by atoms with Gasteiger partial charge in [-0.05, 0) is 43.0 Å². The highest BCUT2D eigenvalue weighted by molar-refractivity contribution is 7.99. The van der Waals surface area contributed by atoms with Gasteiger partial charge in [0.15, 0.2) is 11.0 Å². The van der Waals surface area contributed by atoms with Crippen LogP contribution in [0.5, 0.6) is 11.5 Å². The zero-order valence-corrected chi connectivity index (χ0v) is 16.5. The zero-order chi connectivity index (χ0) is 19.5. The van der Waals surface area contributed by atoms with Gasteiger partial charge >= 0.3 is 0 Å². The summed E-state index contributed by atoms with van der Waals surface area (Å²) in [5.74, 6) is 2.85. The highest BCUT2D eigenvalue weighted by Gasteiger charge is 2.13. The molecule has 142 valence electrons. The molecule has 0 amide bonds. The molecular weight excluding hydrogens is 374 g/mol. The number of benzene rings is 2. The predicted octanol–water partition coefficient (Wildman–Crippen LogP) is 4.57. The van der Waals surface area contributed by atoms with Gasteiger partial charge in [-0.1, -0.05) is 12.1 Å². The molecule has 28 heavy (non-hydrogen) atoms. The minimum absolute atomic E-state index is 0.608. The van der Waals surface area contributed by atoms with Crippen LogP contribution in [0.2, 0.25) is 0 Å². The van der Waals surface area contributed by atoms with Crippen LogP contribution in [0.25, 0.3) is 10.9 Å². The van der Waals surface area contributed by atoms with E-state index in [0.29, 0.717) is 22.5 Å². The molecule has 0 aliphatic rings. The predicted molar refractivity (Wildman–Crippen MR) is 110 cm³/mol. The van der Waals surface area contributed by atoms with Gasteiger partial charge in [0.05, 0.1) is 24.6 Å². The smallest absolute Gasteiger partial charge is 0.195 e. The lowest BCUT2D eigenvalue weighted by Gasteiger charge is -2.11. The number of fused-ring (bicyclic) bond motifs is 1.